The van der Waals surface area contributed by atoms with Gasteiger partial charge in [-0.1, -0.05) is 56.6 Å². The lowest BCUT2D eigenvalue weighted by molar-refractivity contribution is -0.175. The molecule has 2 amide bonds. The van der Waals surface area contributed by atoms with Crippen molar-refractivity contribution in [3.05, 3.63) is 47.5 Å². The second-order valence-corrected chi connectivity index (χ2v) is 13.5. The van der Waals surface area contributed by atoms with Gasteiger partial charge in [0.1, 0.15) is 19.6 Å². The Bertz CT molecular complexity index is 1370. The molecule has 1 heterocycles. The molecule has 1 saturated heterocycles. The first kappa shape index (κ1) is 31.5. The molecule has 8 atom stereocenters. The van der Waals surface area contributed by atoms with E-state index >= 15 is 0 Å². The number of aliphatic hydroxyl groups excluding tert-OH is 1. The van der Waals surface area contributed by atoms with E-state index in [0.717, 1.165) is 28.6 Å². The summed E-state index contributed by atoms with van der Waals surface area (Å²) in [6.45, 7) is 9.07. The first-order valence-electron chi connectivity index (χ1n) is 15.5. The summed E-state index contributed by atoms with van der Waals surface area (Å²) in [5, 5.41) is 18.6. The fourth-order valence-corrected chi connectivity index (χ4v) is 8.09. The Labute approximate surface area is 256 Å². The predicted octanol–water partition coefficient (Wildman–Crippen LogP) is 1.61. The molecule has 3 aliphatic carbocycles. The quantitative estimate of drug-likeness (QED) is 0.327. The summed E-state index contributed by atoms with van der Waals surface area (Å²) >= 11 is 0. The second kappa shape index (κ2) is 12.2. The van der Waals surface area contributed by atoms with Crippen molar-refractivity contribution in [2.45, 2.75) is 71.4 Å². The Balaban J connectivity index is 1.44. The number of ether oxygens (including phenoxy) is 1. The van der Waals surface area contributed by atoms with Gasteiger partial charge in [0.2, 0.25) is 5.91 Å². The van der Waals surface area contributed by atoms with Gasteiger partial charge in [-0.2, -0.15) is 5.06 Å². The topological polar surface area (TPSA) is 126 Å². The van der Waals surface area contributed by atoms with Gasteiger partial charge in [-0.05, 0) is 54.6 Å². The fourth-order valence-electron chi connectivity index (χ4n) is 8.09. The molecular formula is C33H47BN4O5. The largest absolute Gasteiger partial charge is 0.496 e. The average Bonchev–Trinajstić information content (AvgIpc) is 3.35. The van der Waals surface area contributed by atoms with Crippen molar-refractivity contribution in [1.29, 1.82) is 0 Å². The number of fused-ring (bicyclic) bond motifs is 2. The molecule has 232 valence electrons. The van der Waals surface area contributed by atoms with Crippen LogP contribution in [-0.4, -0.2) is 74.8 Å². The molecular weight excluding hydrogens is 543 g/mol. The molecule has 2 aromatic carbocycles. The van der Waals surface area contributed by atoms with Crippen LogP contribution in [-0.2, 0) is 16.2 Å². The van der Waals surface area contributed by atoms with Crippen molar-refractivity contribution in [2.24, 2.45) is 34.8 Å². The van der Waals surface area contributed by atoms with Gasteiger partial charge in [0.25, 0.3) is 5.91 Å². The number of aliphatic hydroxyl groups is 1. The Morgan fingerprint density at radius 2 is 2.00 bits per heavy atom. The number of hydrogen-bond donors (Lipinski definition) is 4. The summed E-state index contributed by atoms with van der Waals surface area (Å²) in [6.07, 6.45) is 0.891. The third-order valence-corrected chi connectivity index (χ3v) is 10.6. The van der Waals surface area contributed by atoms with Gasteiger partial charge < -0.3 is 26.2 Å². The minimum absolute atomic E-state index is 0.0893. The molecule has 0 spiro atoms. The Kier molecular flexibility index (Phi) is 8.96. The lowest BCUT2D eigenvalue weighted by Crippen LogP contribution is -2.62. The Morgan fingerprint density at radius 3 is 2.60 bits per heavy atom. The van der Waals surface area contributed by atoms with Gasteiger partial charge >= 0.3 is 0 Å². The Hall–Kier alpha value is -2.92. The number of nitrogens with zero attached hydrogens (tertiary/aromatic N) is 1. The smallest absolute Gasteiger partial charge is 0.251 e. The summed E-state index contributed by atoms with van der Waals surface area (Å²) in [5.74, 6) is 1.42. The van der Waals surface area contributed by atoms with Gasteiger partial charge in [-0.3, -0.25) is 14.4 Å². The first-order valence-corrected chi connectivity index (χ1v) is 15.5. The summed E-state index contributed by atoms with van der Waals surface area (Å²) in [6, 6.07) is 10.9. The van der Waals surface area contributed by atoms with Crippen molar-refractivity contribution >= 4 is 25.1 Å². The molecule has 1 aliphatic heterocycles. The number of para-hydroxylation sites is 1. The molecule has 4 fully saturated rings. The monoisotopic (exact) mass is 590 g/mol. The zero-order chi connectivity index (χ0) is 31.2. The molecule has 43 heavy (non-hydrogen) atoms. The minimum atomic E-state index is -0.797. The molecule has 3 saturated carbocycles. The normalized spacial score (nSPS) is 30.3. The van der Waals surface area contributed by atoms with Crippen LogP contribution in [0.1, 0.15) is 56.5 Å². The molecule has 2 bridgehead atoms. The fraction of sp³-hybridized carbons (Fsp3) is 0.576. The highest BCUT2D eigenvalue weighted by Crippen LogP contribution is 2.61. The second-order valence-electron chi connectivity index (χ2n) is 13.5. The van der Waals surface area contributed by atoms with E-state index in [2.05, 4.69) is 31.4 Å². The van der Waals surface area contributed by atoms with Gasteiger partial charge in [0, 0.05) is 42.2 Å². The number of methoxy groups -OCH3 is 1. The summed E-state index contributed by atoms with van der Waals surface area (Å²) < 4.78 is 5.95. The van der Waals surface area contributed by atoms with E-state index in [1.54, 1.807) is 26.1 Å². The highest BCUT2D eigenvalue weighted by atomic mass is 16.7. The highest BCUT2D eigenvalue weighted by Gasteiger charge is 2.57. The van der Waals surface area contributed by atoms with Crippen molar-refractivity contribution < 1.29 is 24.3 Å². The molecule has 5 N–H and O–H groups in total. The average molecular weight is 591 g/mol. The van der Waals surface area contributed by atoms with Crippen molar-refractivity contribution in [1.82, 2.24) is 15.7 Å². The summed E-state index contributed by atoms with van der Waals surface area (Å²) in [5.41, 5.74) is 10.4. The van der Waals surface area contributed by atoms with Gasteiger partial charge in [0.05, 0.1) is 25.9 Å². The van der Waals surface area contributed by atoms with Crippen LogP contribution >= 0.6 is 0 Å². The number of carbonyl (C=O) groups is 2. The van der Waals surface area contributed by atoms with Crippen LogP contribution in [0.25, 0.3) is 11.1 Å². The van der Waals surface area contributed by atoms with Gasteiger partial charge in [-0.25, -0.2) is 0 Å². The molecule has 9 nitrogen and oxygen atoms in total. The maximum atomic E-state index is 14.1. The van der Waals surface area contributed by atoms with Crippen LogP contribution in [0.4, 0.5) is 0 Å². The molecule has 2 unspecified atom stereocenters. The summed E-state index contributed by atoms with van der Waals surface area (Å²) in [7, 11) is 5.18. The number of rotatable bonds is 9. The van der Waals surface area contributed by atoms with Crippen molar-refractivity contribution in [2.75, 3.05) is 20.7 Å². The number of nitrogens with two attached hydrogens (primary N) is 1. The number of benzene rings is 2. The number of nitrogens with one attached hydrogen (secondary N) is 2. The van der Waals surface area contributed by atoms with E-state index in [1.807, 2.05) is 44.2 Å². The first-order chi connectivity index (χ1) is 20.4. The van der Waals surface area contributed by atoms with Crippen LogP contribution in [0.5, 0.6) is 5.75 Å². The molecule has 0 aromatic heterocycles. The van der Waals surface area contributed by atoms with Crippen molar-refractivity contribution in [3.8, 4) is 16.9 Å². The van der Waals surface area contributed by atoms with E-state index in [-0.39, 0.29) is 30.9 Å². The van der Waals surface area contributed by atoms with Crippen LogP contribution in [0.3, 0.4) is 0 Å². The summed E-state index contributed by atoms with van der Waals surface area (Å²) in [4.78, 5) is 32.8. The highest BCUT2D eigenvalue weighted by molar-refractivity contribution is 6.33. The number of amides is 2. The number of carbonyl (C=O) groups excluding carboxylic acids is 2. The minimum Gasteiger partial charge on any atom is -0.496 e. The van der Waals surface area contributed by atoms with E-state index in [9.17, 15) is 14.7 Å². The molecule has 6 rings (SSSR count). The lowest BCUT2D eigenvalue weighted by atomic mass is 9.45. The van der Waals surface area contributed by atoms with Gasteiger partial charge in [0.15, 0.2) is 0 Å². The van der Waals surface area contributed by atoms with Crippen LogP contribution in [0, 0.1) is 29.1 Å². The number of hydrogen-bond acceptors (Lipinski definition) is 7. The number of hydroxylamine groups is 2. The third kappa shape index (κ3) is 5.70. The zero-order valence-corrected chi connectivity index (χ0v) is 26.5. The predicted molar refractivity (Wildman–Crippen MR) is 170 cm³/mol. The van der Waals surface area contributed by atoms with Gasteiger partial charge in [-0.15, -0.1) is 0 Å². The maximum absolute atomic E-state index is 14.1. The van der Waals surface area contributed by atoms with E-state index < -0.39 is 24.2 Å². The molecule has 4 aliphatic rings. The van der Waals surface area contributed by atoms with E-state index in [4.69, 9.17) is 15.3 Å². The van der Waals surface area contributed by atoms with E-state index in [0.29, 0.717) is 34.5 Å². The molecule has 0 radical (unpaired) electrons. The van der Waals surface area contributed by atoms with Crippen molar-refractivity contribution in [3.63, 3.8) is 0 Å². The van der Waals surface area contributed by atoms with Crippen LogP contribution in [0.15, 0.2) is 36.4 Å². The van der Waals surface area contributed by atoms with Crippen LogP contribution < -0.4 is 26.6 Å². The Morgan fingerprint density at radius 1 is 1.26 bits per heavy atom. The third-order valence-electron chi connectivity index (χ3n) is 10.6. The lowest BCUT2D eigenvalue weighted by Gasteiger charge is -2.62. The maximum Gasteiger partial charge on any atom is 0.251 e. The van der Waals surface area contributed by atoms with Crippen LogP contribution in [0.2, 0.25) is 0 Å². The zero-order valence-electron chi connectivity index (χ0n) is 26.5. The molecule has 10 heteroatoms. The molecule has 2 aromatic rings. The van der Waals surface area contributed by atoms with E-state index in [1.165, 1.54) is 6.42 Å². The standard InChI is InChI=1S/C33H47BN4O5/c1-17-25-13-22(33(25,3)4)14-26(17)37-32(41)29-28(18(2)39)27(15-35)43-38(29)16-19-8-7-9-24(30(19)42-6)20-10-21(31(40)36-5)12-23(34)11-20/h7-12,17-18,22,25-29,39H,13-16,34-35H2,1-6H3,(H,36,40)(H,37,41)/t17-,18-,22+,25-,26?,27-,28-,29?/m0/s1. The SMILES string of the molecule is Bc1cc(C(=O)NC)cc(-c2cccc(CN3O[C@@H](CN)[C@H]([C@H](C)O)C3C(=O)NC3C[C@H]4C[C@@H]([C@@H]3C)C4(C)C)c2OC)c1.